The number of aromatic nitrogens is 3. The van der Waals surface area contributed by atoms with Crippen LogP contribution >= 0.6 is 0 Å². The van der Waals surface area contributed by atoms with E-state index in [9.17, 15) is 9.90 Å². The molecule has 0 bridgehead atoms. The van der Waals surface area contributed by atoms with Gasteiger partial charge in [0.2, 0.25) is 11.7 Å². The van der Waals surface area contributed by atoms with Gasteiger partial charge in [-0.3, -0.25) is 9.20 Å². The third-order valence-corrected chi connectivity index (χ3v) is 3.86. The predicted molar refractivity (Wildman–Crippen MR) is 92.5 cm³/mol. The summed E-state index contributed by atoms with van der Waals surface area (Å²) in [5.41, 5.74) is 2.46. The number of imidazole rings is 1. The van der Waals surface area contributed by atoms with E-state index in [4.69, 9.17) is 0 Å². The maximum Gasteiger partial charge on any atom is 0.234 e. The molecule has 0 aliphatic carbocycles. The molecule has 2 aromatic heterocycles. The van der Waals surface area contributed by atoms with Crippen LogP contribution in [0.5, 0.6) is 0 Å². The fourth-order valence-electron chi connectivity index (χ4n) is 2.33. The molecule has 3 aromatic rings. The second-order valence-electron chi connectivity index (χ2n) is 6.09. The number of amides is 1. The van der Waals surface area contributed by atoms with Crippen molar-refractivity contribution in [3.63, 3.8) is 0 Å². The highest BCUT2D eigenvalue weighted by molar-refractivity contribution is 5.91. The van der Waals surface area contributed by atoms with Crippen molar-refractivity contribution in [3.8, 4) is 11.3 Å². The number of benzene rings is 1. The van der Waals surface area contributed by atoms with Gasteiger partial charge in [-0.25, -0.2) is 9.97 Å². The summed E-state index contributed by atoms with van der Waals surface area (Å²) in [7, 11) is 0. The third kappa shape index (κ3) is 3.60. The van der Waals surface area contributed by atoms with E-state index < -0.39 is 6.10 Å². The van der Waals surface area contributed by atoms with Crippen molar-refractivity contribution < 1.29 is 9.90 Å². The van der Waals surface area contributed by atoms with E-state index in [-0.39, 0.29) is 18.2 Å². The van der Waals surface area contributed by atoms with Gasteiger partial charge in [0.15, 0.2) is 0 Å². The number of fused-ring (bicyclic) bond motifs is 1. The Hall–Kier alpha value is -2.73. The third-order valence-electron chi connectivity index (χ3n) is 3.86. The largest absolute Gasteiger partial charge is 0.392 e. The van der Waals surface area contributed by atoms with Crippen LogP contribution < -0.4 is 5.32 Å². The van der Waals surface area contributed by atoms with Crippen LogP contribution in [0.4, 0.5) is 5.69 Å². The zero-order chi connectivity index (χ0) is 17.1. The van der Waals surface area contributed by atoms with Gasteiger partial charge >= 0.3 is 0 Å². The summed E-state index contributed by atoms with van der Waals surface area (Å²) < 4.78 is 1.86. The lowest BCUT2D eigenvalue weighted by Gasteiger charge is -2.14. The first-order valence-corrected chi connectivity index (χ1v) is 7.91. The number of aliphatic hydroxyl groups excluding tert-OH is 1. The van der Waals surface area contributed by atoms with E-state index in [1.54, 1.807) is 6.20 Å². The summed E-state index contributed by atoms with van der Waals surface area (Å²) in [5, 5.41) is 12.6. The Morgan fingerprint density at radius 2 is 2.04 bits per heavy atom. The molecule has 2 heterocycles. The summed E-state index contributed by atoms with van der Waals surface area (Å²) in [6.45, 7) is 3.77. The van der Waals surface area contributed by atoms with Gasteiger partial charge in [0.05, 0.1) is 18.2 Å². The molecule has 2 N–H and O–H groups in total. The minimum atomic E-state index is -0.630. The minimum absolute atomic E-state index is 0.0572. The molecular formula is C18H20N4O2. The van der Waals surface area contributed by atoms with Gasteiger partial charge in [-0.2, -0.15) is 0 Å². The SMILES string of the molecule is CC(C)C(O)CC(=O)Nc1ccc(-c2cn3cccnc3n2)cc1. The van der Waals surface area contributed by atoms with Crippen LogP contribution in [0.2, 0.25) is 0 Å². The Morgan fingerprint density at radius 3 is 2.71 bits per heavy atom. The minimum Gasteiger partial charge on any atom is -0.392 e. The molecule has 24 heavy (non-hydrogen) atoms. The number of anilines is 1. The Morgan fingerprint density at radius 1 is 1.29 bits per heavy atom. The van der Waals surface area contributed by atoms with Crippen molar-refractivity contribution in [2.24, 2.45) is 5.92 Å². The molecule has 1 amide bonds. The Kier molecular flexibility index (Phi) is 4.57. The van der Waals surface area contributed by atoms with Crippen LogP contribution in [0.25, 0.3) is 17.0 Å². The molecule has 1 aromatic carbocycles. The standard InChI is InChI=1S/C18H20N4O2/c1-12(2)16(23)10-17(24)20-14-6-4-13(5-7-14)15-11-22-9-3-8-19-18(22)21-15/h3-9,11-12,16,23H,10H2,1-2H3,(H,20,24). The molecular weight excluding hydrogens is 304 g/mol. The first-order valence-electron chi connectivity index (χ1n) is 7.91. The lowest BCUT2D eigenvalue weighted by molar-refractivity contribution is -0.118. The quantitative estimate of drug-likeness (QED) is 0.756. The molecule has 6 nitrogen and oxygen atoms in total. The fraction of sp³-hybridized carbons (Fsp3) is 0.278. The zero-order valence-electron chi connectivity index (χ0n) is 13.7. The van der Waals surface area contributed by atoms with E-state index in [0.717, 1.165) is 11.3 Å². The molecule has 6 heteroatoms. The van der Waals surface area contributed by atoms with E-state index in [0.29, 0.717) is 11.5 Å². The van der Waals surface area contributed by atoms with Crippen molar-refractivity contribution in [2.45, 2.75) is 26.4 Å². The van der Waals surface area contributed by atoms with Gasteiger partial charge in [-0.15, -0.1) is 0 Å². The molecule has 1 unspecified atom stereocenters. The molecule has 0 spiro atoms. The molecule has 0 aliphatic heterocycles. The number of nitrogens with one attached hydrogen (secondary N) is 1. The second-order valence-corrected chi connectivity index (χ2v) is 6.09. The van der Waals surface area contributed by atoms with Gasteiger partial charge in [0, 0.05) is 29.8 Å². The van der Waals surface area contributed by atoms with Crippen LogP contribution in [-0.2, 0) is 4.79 Å². The molecule has 1 atom stereocenters. The van der Waals surface area contributed by atoms with Gasteiger partial charge in [-0.05, 0) is 24.1 Å². The number of hydrogen-bond acceptors (Lipinski definition) is 4. The van der Waals surface area contributed by atoms with E-state index in [2.05, 4.69) is 15.3 Å². The highest BCUT2D eigenvalue weighted by Crippen LogP contribution is 2.21. The summed E-state index contributed by atoms with van der Waals surface area (Å²) >= 11 is 0. The summed E-state index contributed by atoms with van der Waals surface area (Å²) in [6, 6.07) is 9.30. The van der Waals surface area contributed by atoms with Gasteiger partial charge in [0.1, 0.15) is 0 Å². The predicted octanol–water partition coefficient (Wildman–Crippen LogP) is 2.74. The smallest absolute Gasteiger partial charge is 0.234 e. The van der Waals surface area contributed by atoms with Gasteiger partial charge in [-0.1, -0.05) is 26.0 Å². The maximum absolute atomic E-state index is 11.9. The second kappa shape index (κ2) is 6.80. The first kappa shape index (κ1) is 16.1. The van der Waals surface area contributed by atoms with Crippen molar-refractivity contribution in [1.82, 2.24) is 14.4 Å². The van der Waals surface area contributed by atoms with E-state index in [1.807, 2.05) is 61.0 Å². The molecule has 0 radical (unpaired) electrons. The molecule has 0 aliphatic rings. The monoisotopic (exact) mass is 324 g/mol. The number of carbonyl (C=O) groups is 1. The summed E-state index contributed by atoms with van der Waals surface area (Å²) in [5.74, 6) is 0.509. The number of nitrogens with zero attached hydrogens (tertiary/aromatic N) is 3. The highest BCUT2D eigenvalue weighted by atomic mass is 16.3. The highest BCUT2D eigenvalue weighted by Gasteiger charge is 2.14. The van der Waals surface area contributed by atoms with Crippen molar-refractivity contribution in [2.75, 3.05) is 5.32 Å². The Labute approximate surface area is 140 Å². The van der Waals surface area contributed by atoms with Crippen molar-refractivity contribution >= 4 is 17.4 Å². The van der Waals surface area contributed by atoms with Crippen LogP contribution in [-0.4, -0.2) is 31.5 Å². The van der Waals surface area contributed by atoms with Crippen molar-refractivity contribution in [3.05, 3.63) is 48.9 Å². The lowest BCUT2D eigenvalue weighted by Crippen LogP contribution is -2.23. The summed E-state index contributed by atoms with van der Waals surface area (Å²) in [4.78, 5) is 20.6. The Balaban J connectivity index is 1.70. The van der Waals surface area contributed by atoms with E-state index in [1.165, 1.54) is 0 Å². The van der Waals surface area contributed by atoms with Crippen LogP contribution in [0.3, 0.4) is 0 Å². The van der Waals surface area contributed by atoms with Crippen LogP contribution in [0.1, 0.15) is 20.3 Å². The average molecular weight is 324 g/mol. The number of hydrogen-bond donors (Lipinski definition) is 2. The van der Waals surface area contributed by atoms with Crippen LogP contribution in [0.15, 0.2) is 48.9 Å². The molecule has 3 rings (SSSR count). The fourth-order valence-corrected chi connectivity index (χ4v) is 2.33. The average Bonchev–Trinajstić information content (AvgIpc) is 2.99. The molecule has 0 saturated heterocycles. The number of carbonyl (C=O) groups excluding carboxylic acids is 1. The van der Waals surface area contributed by atoms with Gasteiger partial charge in [0.25, 0.3) is 0 Å². The zero-order valence-corrected chi connectivity index (χ0v) is 13.7. The number of aliphatic hydroxyl groups is 1. The molecule has 0 fully saturated rings. The topological polar surface area (TPSA) is 79.5 Å². The lowest BCUT2D eigenvalue weighted by atomic mass is 10.0. The Bertz CT molecular complexity index is 807. The van der Waals surface area contributed by atoms with E-state index >= 15 is 0 Å². The first-order chi connectivity index (χ1) is 11.5. The normalized spacial score (nSPS) is 12.5. The van der Waals surface area contributed by atoms with Crippen molar-refractivity contribution in [1.29, 1.82) is 0 Å². The summed E-state index contributed by atoms with van der Waals surface area (Å²) in [6.07, 6.45) is 4.98. The molecule has 124 valence electrons. The van der Waals surface area contributed by atoms with Gasteiger partial charge < -0.3 is 10.4 Å². The van der Waals surface area contributed by atoms with Crippen LogP contribution in [0, 0.1) is 5.92 Å². The molecule has 0 saturated carbocycles. The number of rotatable bonds is 5. The maximum atomic E-state index is 11.9.